The summed E-state index contributed by atoms with van der Waals surface area (Å²) in [7, 11) is 5.75. The summed E-state index contributed by atoms with van der Waals surface area (Å²) in [4.78, 5) is 13.6. The van der Waals surface area contributed by atoms with Crippen LogP contribution in [-0.2, 0) is 4.79 Å². The summed E-state index contributed by atoms with van der Waals surface area (Å²) < 4.78 is 0. The molecule has 3 nitrogen and oxygen atoms in total. The van der Waals surface area contributed by atoms with Crippen molar-refractivity contribution in [3.05, 3.63) is 7.05 Å². The summed E-state index contributed by atoms with van der Waals surface area (Å²) in [5.74, 6) is 0.214. The van der Waals surface area contributed by atoms with Crippen LogP contribution in [0.25, 0.3) is 0 Å². The van der Waals surface area contributed by atoms with E-state index in [0.29, 0.717) is 6.42 Å². The molecule has 0 aromatic rings. The minimum atomic E-state index is 0.214. The zero-order valence-electron chi connectivity index (χ0n) is 18.0. The number of nitrogens with one attached hydrogen (secondary N) is 1. The van der Waals surface area contributed by atoms with Gasteiger partial charge in [0.15, 0.2) is 0 Å². The average molecular weight is 368 g/mol. The predicted molar refractivity (Wildman–Crippen MR) is 115 cm³/mol. The smallest absolute Gasteiger partial charge is 0.219 e. The summed E-state index contributed by atoms with van der Waals surface area (Å²) in [6.45, 7) is 3.99. The molecule has 0 bridgehead atoms. The number of hydrogen-bond acceptors (Lipinski definition) is 2. The number of hydrogen-bond donors (Lipinski definition) is 1. The van der Waals surface area contributed by atoms with Crippen molar-refractivity contribution in [1.82, 2.24) is 10.2 Å². The first-order chi connectivity index (χ1) is 12.7. The fourth-order valence-corrected chi connectivity index (χ4v) is 3.32. The van der Waals surface area contributed by atoms with Gasteiger partial charge in [0.2, 0.25) is 5.91 Å². The second-order valence-electron chi connectivity index (χ2n) is 7.98. The molecule has 0 saturated heterocycles. The Morgan fingerprint density at radius 2 is 1.15 bits per heavy atom. The number of nitrogens with zero attached hydrogens (tertiary/aromatic N) is 1. The molecule has 1 N–H and O–H groups in total. The van der Waals surface area contributed by atoms with E-state index >= 15 is 0 Å². The molecule has 0 fully saturated rings. The molecule has 3 heteroatoms. The van der Waals surface area contributed by atoms with Crippen LogP contribution < -0.4 is 5.32 Å². The predicted octanol–water partition coefficient (Wildman–Crippen LogP) is 6.48. The number of rotatable bonds is 20. The molecule has 0 aliphatic carbocycles. The van der Waals surface area contributed by atoms with Crippen LogP contribution in [0.1, 0.15) is 116 Å². The summed E-state index contributed by atoms with van der Waals surface area (Å²) in [6, 6.07) is 0. The van der Waals surface area contributed by atoms with Crippen molar-refractivity contribution < 1.29 is 4.79 Å². The zero-order valence-corrected chi connectivity index (χ0v) is 18.0. The van der Waals surface area contributed by atoms with Crippen molar-refractivity contribution in [3.8, 4) is 0 Å². The van der Waals surface area contributed by atoms with Crippen LogP contribution in [0.2, 0.25) is 0 Å². The fourth-order valence-electron chi connectivity index (χ4n) is 3.32. The molecule has 0 aromatic carbocycles. The molecule has 1 radical (unpaired) electrons. The van der Waals surface area contributed by atoms with Crippen LogP contribution in [0.3, 0.4) is 0 Å². The molecule has 0 aliphatic heterocycles. The van der Waals surface area contributed by atoms with Crippen LogP contribution in [0.15, 0.2) is 0 Å². The van der Waals surface area contributed by atoms with E-state index in [-0.39, 0.29) is 5.91 Å². The highest BCUT2D eigenvalue weighted by atomic mass is 16.1. The molecule has 0 spiro atoms. The first-order valence-corrected chi connectivity index (χ1v) is 11.4. The lowest BCUT2D eigenvalue weighted by Crippen LogP contribution is -2.26. The quantitative estimate of drug-likeness (QED) is 0.250. The Labute approximate surface area is 164 Å². The number of carbonyl (C=O) groups excluding carboxylic acids is 1. The third-order valence-electron chi connectivity index (χ3n) is 5.05. The van der Waals surface area contributed by atoms with Gasteiger partial charge in [-0.3, -0.25) is 4.79 Å². The van der Waals surface area contributed by atoms with Gasteiger partial charge in [-0.15, -0.1) is 0 Å². The van der Waals surface area contributed by atoms with E-state index in [1.165, 1.54) is 89.9 Å². The summed E-state index contributed by atoms with van der Waals surface area (Å²) in [5, 5.41) is 2.99. The van der Waals surface area contributed by atoms with Gasteiger partial charge in [0.25, 0.3) is 0 Å². The van der Waals surface area contributed by atoms with E-state index in [2.05, 4.69) is 19.3 Å². The Bertz CT molecular complexity index is 292. The van der Waals surface area contributed by atoms with Gasteiger partial charge < -0.3 is 10.2 Å². The Hall–Kier alpha value is -0.570. The largest absolute Gasteiger partial charge is 0.356 e. The van der Waals surface area contributed by atoms with Gasteiger partial charge in [-0.05, 0) is 26.4 Å². The molecule has 0 rings (SSSR count). The maximum absolute atomic E-state index is 11.7. The molecular weight excluding hydrogens is 320 g/mol. The average Bonchev–Trinajstić information content (AvgIpc) is 2.62. The minimum Gasteiger partial charge on any atom is -0.356 e. The lowest BCUT2D eigenvalue weighted by Gasteiger charge is -2.09. The lowest BCUT2D eigenvalue weighted by atomic mass is 10.0. The van der Waals surface area contributed by atoms with Crippen LogP contribution in [0.4, 0.5) is 0 Å². The molecule has 0 aliphatic rings. The van der Waals surface area contributed by atoms with E-state index < -0.39 is 0 Å². The number of unbranched alkanes of at least 4 members (excludes halogenated alkanes) is 14. The molecule has 26 heavy (non-hydrogen) atoms. The Balaban J connectivity index is 3.11. The summed E-state index contributed by atoms with van der Waals surface area (Å²) in [5.41, 5.74) is 0. The van der Waals surface area contributed by atoms with Gasteiger partial charge in [-0.1, -0.05) is 96.8 Å². The highest BCUT2D eigenvalue weighted by Gasteiger charge is 2.01. The van der Waals surface area contributed by atoms with Gasteiger partial charge in [0.05, 0.1) is 0 Å². The van der Waals surface area contributed by atoms with Gasteiger partial charge in [-0.25, -0.2) is 0 Å². The first-order valence-electron chi connectivity index (χ1n) is 11.4. The molecule has 0 atom stereocenters. The van der Waals surface area contributed by atoms with Gasteiger partial charge in [0, 0.05) is 20.0 Å². The Morgan fingerprint density at radius 3 is 1.58 bits per heavy atom. The topological polar surface area (TPSA) is 32.3 Å². The molecule has 0 aromatic heterocycles. The zero-order chi connectivity index (χ0) is 19.3. The van der Waals surface area contributed by atoms with Crippen LogP contribution >= 0.6 is 0 Å². The van der Waals surface area contributed by atoms with Crippen molar-refractivity contribution in [2.75, 3.05) is 20.1 Å². The molecule has 0 unspecified atom stereocenters. The molecule has 0 saturated carbocycles. The van der Waals surface area contributed by atoms with Crippen molar-refractivity contribution in [3.63, 3.8) is 0 Å². The summed E-state index contributed by atoms with van der Waals surface area (Å²) in [6.07, 6.45) is 22.1. The molecule has 1 amide bonds. The van der Waals surface area contributed by atoms with E-state index in [9.17, 15) is 4.79 Å². The van der Waals surface area contributed by atoms with Crippen LogP contribution in [0, 0.1) is 7.05 Å². The third-order valence-corrected chi connectivity index (χ3v) is 5.05. The Morgan fingerprint density at radius 1 is 0.731 bits per heavy atom. The molecule has 0 heterocycles. The monoisotopic (exact) mass is 367 g/mol. The number of carbonyl (C=O) groups is 1. The van der Waals surface area contributed by atoms with Crippen LogP contribution in [-0.4, -0.2) is 30.9 Å². The Kier molecular flexibility index (Phi) is 20.3. The van der Waals surface area contributed by atoms with E-state index in [1.54, 1.807) is 0 Å². The SMILES string of the molecule is [CH2]N(C)CCCNC(=O)CCCCCCCCCCCCCCCCC. The maximum atomic E-state index is 11.7. The first kappa shape index (κ1) is 25.4. The second-order valence-corrected chi connectivity index (χ2v) is 7.98. The normalized spacial score (nSPS) is 11.2. The van der Waals surface area contributed by atoms with Crippen molar-refractivity contribution in [2.45, 2.75) is 116 Å². The van der Waals surface area contributed by atoms with E-state index in [4.69, 9.17) is 0 Å². The second kappa shape index (κ2) is 20.7. The molecular formula is C23H47N2O. The highest BCUT2D eigenvalue weighted by Crippen LogP contribution is 2.13. The van der Waals surface area contributed by atoms with Crippen LogP contribution in [0.5, 0.6) is 0 Å². The van der Waals surface area contributed by atoms with Gasteiger partial charge in [-0.2, -0.15) is 0 Å². The van der Waals surface area contributed by atoms with E-state index in [0.717, 1.165) is 25.9 Å². The van der Waals surface area contributed by atoms with Crippen molar-refractivity contribution in [2.24, 2.45) is 0 Å². The van der Waals surface area contributed by atoms with Gasteiger partial charge >= 0.3 is 0 Å². The fraction of sp³-hybridized carbons (Fsp3) is 0.913. The molecule has 155 valence electrons. The van der Waals surface area contributed by atoms with Crippen molar-refractivity contribution in [1.29, 1.82) is 0 Å². The third kappa shape index (κ3) is 21.5. The standard InChI is InChI=1S/C23H47N2O/c1-4-5-6-7-8-9-10-11-12-13-14-15-16-17-18-20-23(26)24-21-19-22-25(2)3/h2,4-22H2,1,3H3,(H,24,26). The van der Waals surface area contributed by atoms with E-state index in [1.807, 2.05) is 11.9 Å². The van der Waals surface area contributed by atoms with Gasteiger partial charge in [0.1, 0.15) is 0 Å². The highest BCUT2D eigenvalue weighted by molar-refractivity contribution is 5.75. The van der Waals surface area contributed by atoms with Crippen molar-refractivity contribution >= 4 is 5.91 Å². The maximum Gasteiger partial charge on any atom is 0.219 e. The summed E-state index contributed by atoms with van der Waals surface area (Å²) >= 11 is 0. The lowest BCUT2D eigenvalue weighted by molar-refractivity contribution is -0.121. The minimum absolute atomic E-state index is 0.214. The number of amides is 1.